The number of carbonyl (C=O) groups is 1. The van der Waals surface area contributed by atoms with Crippen LogP contribution < -0.4 is 10.6 Å². The highest BCUT2D eigenvalue weighted by Gasteiger charge is 2.16. The molecule has 7 heteroatoms. The Labute approximate surface area is 135 Å². The second-order valence-corrected chi connectivity index (χ2v) is 5.39. The first kappa shape index (κ1) is 19.3. The standard InChI is InChI=1S/C16H24F3N3O/c1-4-22(5-2)10-6-7-11(3)20-16(23)21-13-9-8-12(17)14(18)15(13)19/h8-9,11H,4-7,10H2,1-3H3,(H2,20,21,23). The number of carbonyl (C=O) groups excluding carboxylic acids is 1. The number of rotatable bonds is 8. The number of hydrogen-bond acceptors (Lipinski definition) is 2. The molecule has 0 aliphatic carbocycles. The van der Waals surface area contributed by atoms with Crippen molar-refractivity contribution in [3.8, 4) is 0 Å². The van der Waals surface area contributed by atoms with Crippen LogP contribution in [0.2, 0.25) is 0 Å². The number of nitrogens with one attached hydrogen (secondary N) is 2. The minimum Gasteiger partial charge on any atom is -0.335 e. The van der Waals surface area contributed by atoms with E-state index in [1.54, 1.807) is 0 Å². The first-order valence-electron chi connectivity index (χ1n) is 7.82. The molecule has 130 valence electrons. The molecule has 1 unspecified atom stereocenters. The highest BCUT2D eigenvalue weighted by Crippen LogP contribution is 2.19. The van der Waals surface area contributed by atoms with Crippen LogP contribution in [-0.4, -0.2) is 36.6 Å². The highest BCUT2D eigenvalue weighted by molar-refractivity contribution is 5.89. The smallest absolute Gasteiger partial charge is 0.319 e. The molecule has 0 saturated heterocycles. The van der Waals surface area contributed by atoms with Gasteiger partial charge in [0, 0.05) is 6.04 Å². The second-order valence-electron chi connectivity index (χ2n) is 5.39. The van der Waals surface area contributed by atoms with Crippen molar-refractivity contribution < 1.29 is 18.0 Å². The maximum atomic E-state index is 13.5. The molecule has 23 heavy (non-hydrogen) atoms. The third-order valence-electron chi connectivity index (χ3n) is 3.67. The van der Waals surface area contributed by atoms with Crippen molar-refractivity contribution in [3.05, 3.63) is 29.6 Å². The Morgan fingerprint density at radius 1 is 1.17 bits per heavy atom. The second kappa shape index (κ2) is 9.39. The van der Waals surface area contributed by atoms with Crippen molar-refractivity contribution in [3.63, 3.8) is 0 Å². The van der Waals surface area contributed by atoms with E-state index in [4.69, 9.17) is 0 Å². The van der Waals surface area contributed by atoms with E-state index in [0.29, 0.717) is 0 Å². The Morgan fingerprint density at radius 3 is 2.43 bits per heavy atom. The van der Waals surface area contributed by atoms with Gasteiger partial charge in [-0.05, 0) is 51.5 Å². The Bertz CT molecular complexity index is 522. The van der Waals surface area contributed by atoms with Gasteiger partial charge in [0.2, 0.25) is 0 Å². The van der Waals surface area contributed by atoms with E-state index in [0.717, 1.165) is 44.6 Å². The van der Waals surface area contributed by atoms with E-state index in [1.807, 2.05) is 6.92 Å². The molecule has 1 aromatic rings. The van der Waals surface area contributed by atoms with Crippen LogP contribution in [0.15, 0.2) is 12.1 Å². The van der Waals surface area contributed by atoms with Gasteiger partial charge in [-0.15, -0.1) is 0 Å². The predicted octanol–water partition coefficient (Wildman–Crippen LogP) is 3.74. The van der Waals surface area contributed by atoms with Crippen LogP contribution in [0.25, 0.3) is 0 Å². The molecule has 0 aliphatic rings. The van der Waals surface area contributed by atoms with Crippen molar-refractivity contribution in [2.24, 2.45) is 0 Å². The van der Waals surface area contributed by atoms with Crippen LogP contribution in [0.4, 0.5) is 23.7 Å². The fraction of sp³-hybridized carbons (Fsp3) is 0.562. The molecule has 0 bridgehead atoms. The number of halogens is 3. The summed E-state index contributed by atoms with van der Waals surface area (Å²) in [5.74, 6) is -4.30. The Morgan fingerprint density at radius 2 is 1.83 bits per heavy atom. The molecule has 0 radical (unpaired) electrons. The third-order valence-corrected chi connectivity index (χ3v) is 3.67. The van der Waals surface area contributed by atoms with Gasteiger partial charge in [0.05, 0.1) is 5.69 Å². The zero-order valence-electron chi connectivity index (χ0n) is 13.8. The van der Waals surface area contributed by atoms with Gasteiger partial charge < -0.3 is 15.5 Å². The average Bonchev–Trinajstić information content (AvgIpc) is 2.52. The van der Waals surface area contributed by atoms with Crippen molar-refractivity contribution in [2.75, 3.05) is 25.0 Å². The van der Waals surface area contributed by atoms with Crippen LogP contribution in [-0.2, 0) is 0 Å². The molecule has 0 saturated carbocycles. The lowest BCUT2D eigenvalue weighted by Crippen LogP contribution is -2.37. The van der Waals surface area contributed by atoms with E-state index in [-0.39, 0.29) is 6.04 Å². The molecule has 1 aromatic carbocycles. The summed E-state index contributed by atoms with van der Waals surface area (Å²) < 4.78 is 39.4. The number of amides is 2. The molecule has 0 heterocycles. The van der Waals surface area contributed by atoms with Gasteiger partial charge in [-0.1, -0.05) is 13.8 Å². The summed E-state index contributed by atoms with van der Waals surface area (Å²) in [6.07, 6.45) is 1.69. The number of hydrogen-bond donors (Lipinski definition) is 2. The van der Waals surface area contributed by atoms with E-state index in [2.05, 4.69) is 29.4 Å². The predicted molar refractivity (Wildman–Crippen MR) is 85.0 cm³/mol. The van der Waals surface area contributed by atoms with Crippen molar-refractivity contribution in [2.45, 2.75) is 39.7 Å². The lowest BCUT2D eigenvalue weighted by Gasteiger charge is -2.20. The van der Waals surface area contributed by atoms with Gasteiger partial charge in [0.1, 0.15) is 0 Å². The lowest BCUT2D eigenvalue weighted by atomic mass is 10.2. The summed E-state index contributed by atoms with van der Waals surface area (Å²) in [6.45, 7) is 8.92. The van der Waals surface area contributed by atoms with Gasteiger partial charge in [-0.2, -0.15) is 0 Å². The van der Waals surface area contributed by atoms with E-state index in [1.165, 1.54) is 0 Å². The molecular weight excluding hydrogens is 307 g/mol. The summed E-state index contributed by atoms with van der Waals surface area (Å²) in [7, 11) is 0. The zero-order chi connectivity index (χ0) is 17.4. The van der Waals surface area contributed by atoms with E-state index >= 15 is 0 Å². The lowest BCUT2D eigenvalue weighted by molar-refractivity contribution is 0.246. The van der Waals surface area contributed by atoms with Crippen molar-refractivity contribution >= 4 is 11.7 Å². The Balaban J connectivity index is 2.43. The molecule has 2 N–H and O–H groups in total. The molecular formula is C16H24F3N3O. The summed E-state index contributed by atoms with van der Waals surface area (Å²) in [4.78, 5) is 14.0. The third kappa shape index (κ3) is 6.09. The number of nitrogens with zero attached hydrogens (tertiary/aromatic N) is 1. The first-order chi connectivity index (χ1) is 10.9. The molecule has 0 aliphatic heterocycles. The molecule has 0 aromatic heterocycles. The summed E-state index contributed by atoms with van der Waals surface area (Å²) in [5.41, 5.74) is -0.392. The van der Waals surface area contributed by atoms with Crippen molar-refractivity contribution in [1.82, 2.24) is 10.2 Å². The van der Waals surface area contributed by atoms with Crippen LogP contribution in [0, 0.1) is 17.5 Å². The van der Waals surface area contributed by atoms with Crippen LogP contribution in [0.1, 0.15) is 33.6 Å². The first-order valence-corrected chi connectivity index (χ1v) is 7.82. The molecule has 1 rings (SSSR count). The highest BCUT2D eigenvalue weighted by atomic mass is 19.2. The minimum absolute atomic E-state index is 0.112. The molecule has 1 atom stereocenters. The maximum absolute atomic E-state index is 13.5. The Hall–Kier alpha value is -1.76. The fourth-order valence-electron chi connectivity index (χ4n) is 2.24. The molecule has 0 spiro atoms. The number of anilines is 1. The van der Waals surface area contributed by atoms with Crippen LogP contribution in [0.5, 0.6) is 0 Å². The maximum Gasteiger partial charge on any atom is 0.319 e. The van der Waals surface area contributed by atoms with Crippen LogP contribution >= 0.6 is 0 Å². The van der Waals surface area contributed by atoms with E-state index in [9.17, 15) is 18.0 Å². The SMILES string of the molecule is CCN(CC)CCCC(C)NC(=O)Nc1ccc(F)c(F)c1F. The summed E-state index contributed by atoms with van der Waals surface area (Å²) in [5, 5.41) is 4.84. The average molecular weight is 331 g/mol. The monoisotopic (exact) mass is 331 g/mol. The molecule has 0 fully saturated rings. The topological polar surface area (TPSA) is 44.4 Å². The van der Waals surface area contributed by atoms with Crippen molar-refractivity contribution in [1.29, 1.82) is 0 Å². The summed E-state index contributed by atoms with van der Waals surface area (Å²) in [6, 6.07) is 0.990. The van der Waals surface area contributed by atoms with Gasteiger partial charge >= 0.3 is 6.03 Å². The fourth-order valence-corrected chi connectivity index (χ4v) is 2.24. The quantitative estimate of drug-likeness (QED) is 0.713. The normalized spacial score (nSPS) is 12.3. The Kier molecular flexibility index (Phi) is 7.88. The van der Waals surface area contributed by atoms with Gasteiger partial charge in [-0.25, -0.2) is 18.0 Å². The van der Waals surface area contributed by atoms with Crippen LogP contribution in [0.3, 0.4) is 0 Å². The largest absolute Gasteiger partial charge is 0.335 e. The minimum atomic E-state index is -1.60. The molecule has 2 amide bonds. The summed E-state index contributed by atoms with van der Waals surface area (Å²) >= 11 is 0. The number of benzene rings is 1. The van der Waals surface area contributed by atoms with Gasteiger partial charge in [0.15, 0.2) is 17.5 Å². The number of urea groups is 1. The van der Waals surface area contributed by atoms with Gasteiger partial charge in [-0.3, -0.25) is 0 Å². The molecule has 4 nitrogen and oxygen atoms in total. The zero-order valence-corrected chi connectivity index (χ0v) is 13.8. The van der Waals surface area contributed by atoms with E-state index < -0.39 is 29.2 Å². The van der Waals surface area contributed by atoms with Gasteiger partial charge in [0.25, 0.3) is 0 Å².